The topological polar surface area (TPSA) is 38.9 Å². The summed E-state index contributed by atoms with van der Waals surface area (Å²) in [6.45, 7) is 0. The molecule has 0 fully saturated rings. The first-order valence-electron chi connectivity index (χ1n) is 3.75. The molecule has 1 atom stereocenters. The maximum atomic E-state index is 11.9. The number of halogens is 4. The highest BCUT2D eigenvalue weighted by Crippen LogP contribution is 2.18. The Morgan fingerprint density at radius 1 is 1.43 bits per heavy atom. The van der Waals surface area contributed by atoms with Crippen molar-refractivity contribution in [1.82, 2.24) is 4.98 Å². The summed E-state index contributed by atoms with van der Waals surface area (Å²) in [6.07, 6.45) is -1.34. The zero-order valence-electron chi connectivity index (χ0n) is 7.16. The first kappa shape index (κ1) is 13.5. The van der Waals surface area contributed by atoms with E-state index in [9.17, 15) is 8.78 Å². The van der Waals surface area contributed by atoms with Crippen LogP contribution < -0.4 is 5.73 Å². The van der Waals surface area contributed by atoms with Gasteiger partial charge in [-0.1, -0.05) is 17.7 Å². The average Bonchev–Trinajstić information content (AvgIpc) is 2.04. The molecule has 1 aromatic heterocycles. The third-order valence-electron chi connectivity index (χ3n) is 1.61. The molecule has 0 aliphatic carbocycles. The van der Waals surface area contributed by atoms with Crippen LogP contribution in [0.4, 0.5) is 8.78 Å². The molecule has 80 valence electrons. The number of nitrogens with zero attached hydrogens (tertiary/aromatic N) is 1. The zero-order valence-corrected chi connectivity index (χ0v) is 8.73. The van der Waals surface area contributed by atoms with Crippen LogP contribution in [0.25, 0.3) is 0 Å². The van der Waals surface area contributed by atoms with Crippen molar-refractivity contribution in [2.45, 2.75) is 18.9 Å². The van der Waals surface area contributed by atoms with Gasteiger partial charge in [-0.15, -0.1) is 12.4 Å². The van der Waals surface area contributed by atoms with Gasteiger partial charge in [-0.05, 0) is 11.6 Å². The number of hydrogen-bond acceptors (Lipinski definition) is 2. The predicted octanol–water partition coefficient (Wildman–Crippen LogP) is 2.81. The number of aromatic nitrogens is 1. The van der Waals surface area contributed by atoms with Crippen LogP contribution in [-0.4, -0.2) is 11.4 Å². The first-order valence-corrected chi connectivity index (χ1v) is 4.12. The van der Waals surface area contributed by atoms with Crippen molar-refractivity contribution in [1.29, 1.82) is 0 Å². The van der Waals surface area contributed by atoms with Gasteiger partial charge >= 0.3 is 0 Å². The van der Waals surface area contributed by atoms with E-state index in [1.165, 1.54) is 12.3 Å². The van der Waals surface area contributed by atoms with Crippen molar-refractivity contribution >= 4 is 24.0 Å². The highest BCUT2D eigenvalue weighted by atomic mass is 35.5. The Kier molecular flexibility index (Phi) is 5.92. The monoisotopic (exact) mass is 242 g/mol. The summed E-state index contributed by atoms with van der Waals surface area (Å²) in [6, 6.07) is 2.45. The lowest BCUT2D eigenvalue weighted by Crippen LogP contribution is -2.14. The molecule has 0 saturated heterocycles. The fraction of sp³-hybridized carbons (Fsp3) is 0.375. The van der Waals surface area contributed by atoms with Gasteiger partial charge in [-0.25, -0.2) is 13.8 Å². The van der Waals surface area contributed by atoms with E-state index < -0.39 is 12.5 Å². The van der Waals surface area contributed by atoms with Gasteiger partial charge in [-0.2, -0.15) is 0 Å². The quantitative estimate of drug-likeness (QED) is 0.829. The standard InChI is InChI=1S/C8H9ClF2N2.ClH/c9-7-2-1-5(4-13-7)6(12)3-8(10)11;/h1-2,4,6,8H,3,12H2;1H/t6-;/m0./s1. The fourth-order valence-corrected chi connectivity index (χ4v) is 1.05. The van der Waals surface area contributed by atoms with Crippen LogP contribution in [0.5, 0.6) is 0 Å². The Morgan fingerprint density at radius 2 is 2.07 bits per heavy atom. The molecule has 0 aliphatic heterocycles. The van der Waals surface area contributed by atoms with Crippen LogP contribution in [0.3, 0.4) is 0 Å². The molecule has 0 amide bonds. The van der Waals surface area contributed by atoms with Crippen molar-refractivity contribution < 1.29 is 8.78 Å². The highest BCUT2D eigenvalue weighted by molar-refractivity contribution is 6.29. The summed E-state index contributed by atoms with van der Waals surface area (Å²) in [5.74, 6) is 0. The lowest BCUT2D eigenvalue weighted by Gasteiger charge is -2.10. The molecular weight excluding hydrogens is 233 g/mol. The molecule has 2 nitrogen and oxygen atoms in total. The fourth-order valence-electron chi connectivity index (χ4n) is 0.935. The van der Waals surface area contributed by atoms with Gasteiger partial charge in [0, 0.05) is 18.7 Å². The first-order chi connectivity index (χ1) is 6.09. The smallest absolute Gasteiger partial charge is 0.240 e. The molecule has 1 rings (SSSR count). The molecule has 0 radical (unpaired) electrons. The van der Waals surface area contributed by atoms with E-state index >= 15 is 0 Å². The van der Waals surface area contributed by atoms with E-state index in [2.05, 4.69) is 4.98 Å². The second-order valence-electron chi connectivity index (χ2n) is 2.65. The summed E-state index contributed by atoms with van der Waals surface area (Å²) in [5.41, 5.74) is 6.06. The van der Waals surface area contributed by atoms with Crippen molar-refractivity contribution in [3.63, 3.8) is 0 Å². The van der Waals surface area contributed by atoms with Crippen LogP contribution in [0.15, 0.2) is 18.3 Å². The van der Waals surface area contributed by atoms with E-state index in [0.29, 0.717) is 10.7 Å². The Hall–Kier alpha value is -0.450. The van der Waals surface area contributed by atoms with Crippen LogP contribution in [0.2, 0.25) is 5.15 Å². The minimum atomic E-state index is -2.40. The molecule has 0 aromatic carbocycles. The molecular formula is C8H10Cl2F2N2. The predicted molar refractivity (Wildman–Crippen MR) is 54.0 cm³/mol. The van der Waals surface area contributed by atoms with Gasteiger partial charge in [0.15, 0.2) is 0 Å². The summed E-state index contributed by atoms with van der Waals surface area (Å²) < 4.78 is 23.8. The van der Waals surface area contributed by atoms with Crippen molar-refractivity contribution in [2.24, 2.45) is 5.73 Å². The molecule has 0 aliphatic rings. The Bertz CT molecular complexity index is 267. The maximum Gasteiger partial charge on any atom is 0.240 e. The van der Waals surface area contributed by atoms with Gasteiger partial charge in [0.2, 0.25) is 6.43 Å². The largest absolute Gasteiger partial charge is 0.324 e. The highest BCUT2D eigenvalue weighted by Gasteiger charge is 2.12. The minimum absolute atomic E-state index is 0. The van der Waals surface area contributed by atoms with Gasteiger partial charge in [-0.3, -0.25) is 0 Å². The number of hydrogen-bond donors (Lipinski definition) is 1. The van der Waals surface area contributed by atoms with Crippen LogP contribution >= 0.6 is 24.0 Å². The number of nitrogens with two attached hydrogens (primary N) is 1. The van der Waals surface area contributed by atoms with Gasteiger partial charge in [0.05, 0.1) is 0 Å². The summed E-state index contributed by atoms with van der Waals surface area (Å²) >= 11 is 5.52. The molecule has 0 bridgehead atoms. The van der Waals surface area contributed by atoms with Crippen LogP contribution in [-0.2, 0) is 0 Å². The summed E-state index contributed by atoms with van der Waals surface area (Å²) in [4.78, 5) is 3.75. The summed E-state index contributed by atoms with van der Waals surface area (Å²) in [5, 5.41) is 0.327. The second kappa shape index (κ2) is 6.11. The Labute approximate surface area is 91.9 Å². The van der Waals surface area contributed by atoms with E-state index in [1.807, 2.05) is 0 Å². The SMILES string of the molecule is Cl.N[C@@H](CC(F)F)c1ccc(Cl)nc1. The second-order valence-corrected chi connectivity index (χ2v) is 3.03. The van der Waals surface area contributed by atoms with Gasteiger partial charge in [0.1, 0.15) is 5.15 Å². The van der Waals surface area contributed by atoms with Gasteiger partial charge < -0.3 is 5.73 Å². The van der Waals surface area contributed by atoms with Crippen molar-refractivity contribution in [3.8, 4) is 0 Å². The molecule has 1 heterocycles. The van der Waals surface area contributed by atoms with Crippen LogP contribution in [0.1, 0.15) is 18.0 Å². The summed E-state index contributed by atoms with van der Waals surface area (Å²) in [7, 11) is 0. The Morgan fingerprint density at radius 3 is 2.50 bits per heavy atom. The van der Waals surface area contributed by atoms with E-state index in [-0.39, 0.29) is 18.8 Å². The lowest BCUT2D eigenvalue weighted by molar-refractivity contribution is 0.128. The maximum absolute atomic E-state index is 11.9. The van der Waals surface area contributed by atoms with Crippen molar-refractivity contribution in [2.75, 3.05) is 0 Å². The lowest BCUT2D eigenvalue weighted by atomic mass is 10.1. The molecule has 14 heavy (non-hydrogen) atoms. The zero-order chi connectivity index (χ0) is 9.84. The number of pyridine rings is 1. The molecule has 6 heteroatoms. The minimum Gasteiger partial charge on any atom is -0.324 e. The van der Waals surface area contributed by atoms with E-state index in [0.717, 1.165) is 0 Å². The van der Waals surface area contributed by atoms with Crippen molar-refractivity contribution in [3.05, 3.63) is 29.0 Å². The van der Waals surface area contributed by atoms with Gasteiger partial charge in [0.25, 0.3) is 0 Å². The van der Waals surface area contributed by atoms with E-state index in [1.54, 1.807) is 6.07 Å². The average molecular weight is 243 g/mol. The number of rotatable bonds is 3. The van der Waals surface area contributed by atoms with Crippen LogP contribution in [0, 0.1) is 0 Å². The third-order valence-corrected chi connectivity index (χ3v) is 1.83. The molecule has 0 unspecified atom stereocenters. The third kappa shape index (κ3) is 4.17. The molecule has 0 saturated carbocycles. The molecule has 2 N–H and O–H groups in total. The van der Waals surface area contributed by atoms with E-state index in [4.69, 9.17) is 17.3 Å². The normalized spacial score (nSPS) is 12.4. The number of alkyl halides is 2. The Balaban J connectivity index is 0.00000169. The molecule has 0 spiro atoms. The molecule has 1 aromatic rings.